The van der Waals surface area contributed by atoms with E-state index < -0.39 is 12.0 Å². The molecule has 1 rings (SSSR count). The fourth-order valence-corrected chi connectivity index (χ4v) is 2.17. The van der Waals surface area contributed by atoms with Crippen LogP contribution in [-0.4, -0.2) is 36.2 Å². The van der Waals surface area contributed by atoms with Gasteiger partial charge in [-0.05, 0) is 31.3 Å². The zero-order chi connectivity index (χ0) is 13.7. The number of nitrogens with zero attached hydrogens (tertiary/aromatic N) is 1. The van der Waals surface area contributed by atoms with Crippen molar-refractivity contribution < 1.29 is 14.6 Å². The Morgan fingerprint density at radius 1 is 1.44 bits per heavy atom. The largest absolute Gasteiger partial charge is 0.496 e. The Hall–Kier alpha value is -1.26. The minimum atomic E-state index is -0.903. The number of methoxy groups -OCH3 is 1. The maximum Gasteiger partial charge on any atom is 0.325 e. The van der Waals surface area contributed by atoms with Gasteiger partial charge in [-0.3, -0.25) is 9.69 Å². The van der Waals surface area contributed by atoms with E-state index in [2.05, 4.69) is 0 Å². The zero-order valence-corrected chi connectivity index (χ0v) is 11.6. The van der Waals surface area contributed by atoms with Crippen molar-refractivity contribution in [2.24, 2.45) is 0 Å². The van der Waals surface area contributed by atoms with Crippen LogP contribution in [0.15, 0.2) is 18.2 Å². The third-order valence-electron chi connectivity index (χ3n) is 2.90. The van der Waals surface area contributed by atoms with Crippen LogP contribution in [-0.2, 0) is 4.79 Å². The predicted molar refractivity (Wildman–Crippen MR) is 71.3 cm³/mol. The van der Waals surface area contributed by atoms with Crippen LogP contribution in [0.5, 0.6) is 5.75 Å². The number of aliphatic carboxylic acids is 1. The van der Waals surface area contributed by atoms with Crippen LogP contribution in [0.4, 0.5) is 0 Å². The maximum atomic E-state index is 11.5. The van der Waals surface area contributed by atoms with E-state index in [0.717, 1.165) is 0 Å². The second-order valence-corrected chi connectivity index (χ2v) is 4.28. The molecule has 18 heavy (non-hydrogen) atoms. The molecule has 0 fully saturated rings. The average Bonchev–Trinajstić information content (AvgIpc) is 2.35. The summed E-state index contributed by atoms with van der Waals surface area (Å²) in [6.07, 6.45) is 0. The van der Waals surface area contributed by atoms with Gasteiger partial charge in [0.25, 0.3) is 0 Å². The van der Waals surface area contributed by atoms with Crippen LogP contribution in [0.1, 0.15) is 25.5 Å². The van der Waals surface area contributed by atoms with Gasteiger partial charge in [-0.1, -0.05) is 25.4 Å². The van der Waals surface area contributed by atoms with Crippen LogP contribution in [0, 0.1) is 0 Å². The van der Waals surface area contributed by atoms with Gasteiger partial charge in [-0.25, -0.2) is 0 Å². The highest BCUT2D eigenvalue weighted by atomic mass is 35.5. The molecule has 0 aliphatic carbocycles. The van der Waals surface area contributed by atoms with Crippen molar-refractivity contribution in [3.8, 4) is 5.75 Å². The van der Waals surface area contributed by atoms with Crippen molar-refractivity contribution in [3.63, 3.8) is 0 Å². The lowest BCUT2D eigenvalue weighted by atomic mass is 10.0. The Labute approximate surface area is 112 Å². The number of halogens is 1. The third-order valence-corrected chi connectivity index (χ3v) is 3.13. The summed E-state index contributed by atoms with van der Waals surface area (Å²) in [5.41, 5.74) is 0.584. The van der Waals surface area contributed by atoms with Gasteiger partial charge >= 0.3 is 5.97 Å². The molecule has 1 aromatic rings. The maximum absolute atomic E-state index is 11.5. The topological polar surface area (TPSA) is 49.8 Å². The van der Waals surface area contributed by atoms with Gasteiger partial charge in [0.1, 0.15) is 11.8 Å². The van der Waals surface area contributed by atoms with E-state index in [1.807, 2.05) is 18.7 Å². The summed E-state index contributed by atoms with van der Waals surface area (Å²) in [6.45, 7) is 5.14. The van der Waals surface area contributed by atoms with Gasteiger partial charge in [0.05, 0.1) is 7.11 Å². The predicted octanol–water partition coefficient (Wildman–Crippen LogP) is 2.82. The van der Waals surface area contributed by atoms with E-state index in [0.29, 0.717) is 29.4 Å². The molecule has 0 aliphatic heterocycles. The summed E-state index contributed by atoms with van der Waals surface area (Å²) < 4.78 is 5.22. The van der Waals surface area contributed by atoms with Gasteiger partial charge in [-0.15, -0.1) is 0 Å². The second kappa shape index (κ2) is 6.61. The molecule has 1 N–H and O–H groups in total. The Kier molecular flexibility index (Phi) is 5.44. The number of rotatable bonds is 6. The molecule has 0 saturated carbocycles. The van der Waals surface area contributed by atoms with E-state index in [4.69, 9.17) is 16.3 Å². The molecule has 0 heterocycles. The van der Waals surface area contributed by atoms with Gasteiger partial charge < -0.3 is 9.84 Å². The second-order valence-electron chi connectivity index (χ2n) is 3.85. The first-order valence-corrected chi connectivity index (χ1v) is 6.23. The van der Waals surface area contributed by atoms with Crippen LogP contribution < -0.4 is 4.74 Å². The number of carbonyl (C=O) groups is 1. The van der Waals surface area contributed by atoms with E-state index >= 15 is 0 Å². The molecule has 0 aromatic heterocycles. The highest BCUT2D eigenvalue weighted by Crippen LogP contribution is 2.32. The fraction of sp³-hybridized carbons (Fsp3) is 0.462. The van der Waals surface area contributed by atoms with E-state index in [-0.39, 0.29) is 0 Å². The fourth-order valence-electron chi connectivity index (χ4n) is 1.99. The summed E-state index contributed by atoms with van der Waals surface area (Å²) in [6, 6.07) is 4.29. The first-order chi connectivity index (χ1) is 8.54. The normalized spacial score (nSPS) is 12.5. The Bertz CT molecular complexity index is 419. The lowest BCUT2D eigenvalue weighted by Crippen LogP contribution is -2.34. The molecule has 0 spiro atoms. The van der Waals surface area contributed by atoms with Gasteiger partial charge in [0.15, 0.2) is 0 Å². The quantitative estimate of drug-likeness (QED) is 0.864. The minimum absolute atomic E-state index is 0.504. The number of ether oxygens (including phenoxy) is 1. The van der Waals surface area contributed by atoms with Crippen molar-refractivity contribution in [2.45, 2.75) is 19.9 Å². The molecular weight excluding hydrogens is 254 g/mol. The molecule has 100 valence electrons. The van der Waals surface area contributed by atoms with Gasteiger partial charge in [0.2, 0.25) is 0 Å². The first-order valence-electron chi connectivity index (χ1n) is 5.85. The first kappa shape index (κ1) is 14.8. The van der Waals surface area contributed by atoms with E-state index in [1.165, 1.54) is 7.11 Å². The van der Waals surface area contributed by atoms with E-state index in [9.17, 15) is 9.90 Å². The number of carboxylic acids is 1. The zero-order valence-electron chi connectivity index (χ0n) is 10.8. The van der Waals surface area contributed by atoms with Crippen molar-refractivity contribution in [1.29, 1.82) is 0 Å². The summed E-state index contributed by atoms with van der Waals surface area (Å²) in [4.78, 5) is 13.3. The Morgan fingerprint density at radius 2 is 2.06 bits per heavy atom. The Balaban J connectivity index is 3.28. The number of likely N-dealkylation sites (N-methyl/N-ethyl adjacent to an activating group) is 1. The van der Waals surface area contributed by atoms with Gasteiger partial charge in [0, 0.05) is 10.6 Å². The average molecular weight is 272 g/mol. The Morgan fingerprint density at radius 3 is 2.50 bits per heavy atom. The molecule has 1 aromatic carbocycles. The number of hydrogen-bond acceptors (Lipinski definition) is 3. The highest BCUT2D eigenvalue weighted by Gasteiger charge is 2.28. The molecule has 0 saturated heterocycles. The molecule has 0 bridgehead atoms. The standard InChI is InChI=1S/C13H18ClNO3/c1-4-15(5-2)12(13(16)17)10-8-9(14)6-7-11(10)18-3/h6-8,12H,4-5H2,1-3H3,(H,16,17). The van der Waals surface area contributed by atoms with Crippen LogP contribution in [0.3, 0.4) is 0 Å². The van der Waals surface area contributed by atoms with Crippen LogP contribution >= 0.6 is 11.6 Å². The molecule has 0 amide bonds. The molecule has 1 unspecified atom stereocenters. The smallest absolute Gasteiger partial charge is 0.325 e. The summed E-state index contributed by atoms with van der Waals surface area (Å²) in [7, 11) is 1.52. The molecular formula is C13H18ClNO3. The lowest BCUT2D eigenvalue weighted by molar-refractivity contribution is -0.143. The van der Waals surface area contributed by atoms with Crippen LogP contribution in [0.25, 0.3) is 0 Å². The van der Waals surface area contributed by atoms with E-state index in [1.54, 1.807) is 18.2 Å². The summed E-state index contributed by atoms with van der Waals surface area (Å²) in [5, 5.41) is 9.93. The van der Waals surface area contributed by atoms with Crippen molar-refractivity contribution in [3.05, 3.63) is 28.8 Å². The summed E-state index contributed by atoms with van der Waals surface area (Å²) >= 11 is 5.95. The van der Waals surface area contributed by atoms with Crippen molar-refractivity contribution >= 4 is 17.6 Å². The van der Waals surface area contributed by atoms with Crippen LogP contribution in [0.2, 0.25) is 5.02 Å². The number of carboxylic acid groups (broad SMARTS) is 1. The SMILES string of the molecule is CCN(CC)C(C(=O)O)c1cc(Cl)ccc1OC. The molecule has 5 heteroatoms. The van der Waals surface area contributed by atoms with Gasteiger partial charge in [-0.2, -0.15) is 0 Å². The summed E-state index contributed by atoms with van der Waals surface area (Å²) in [5.74, 6) is -0.363. The highest BCUT2D eigenvalue weighted by molar-refractivity contribution is 6.30. The molecule has 0 aliphatic rings. The minimum Gasteiger partial charge on any atom is -0.496 e. The monoisotopic (exact) mass is 271 g/mol. The number of benzene rings is 1. The third kappa shape index (κ3) is 3.15. The molecule has 0 radical (unpaired) electrons. The van der Waals surface area contributed by atoms with Crippen molar-refractivity contribution in [1.82, 2.24) is 4.90 Å². The number of hydrogen-bond donors (Lipinski definition) is 1. The molecule has 4 nitrogen and oxygen atoms in total. The van der Waals surface area contributed by atoms with Crippen molar-refractivity contribution in [2.75, 3.05) is 20.2 Å². The lowest BCUT2D eigenvalue weighted by Gasteiger charge is -2.27. The molecule has 1 atom stereocenters.